The highest BCUT2D eigenvalue weighted by Gasteiger charge is 2.40. The number of halogens is 1. The predicted octanol–water partition coefficient (Wildman–Crippen LogP) is 5.23. The van der Waals surface area contributed by atoms with Crippen LogP contribution < -0.4 is 0 Å². The fourth-order valence-corrected chi connectivity index (χ4v) is 4.49. The van der Waals surface area contributed by atoms with Crippen LogP contribution in [0, 0.1) is 18.7 Å². The van der Waals surface area contributed by atoms with Crippen molar-refractivity contribution in [1.29, 1.82) is 0 Å². The summed E-state index contributed by atoms with van der Waals surface area (Å²) >= 11 is 0. The Hall–Kier alpha value is -2.20. The molecule has 0 amide bonds. The second-order valence-electron chi connectivity index (χ2n) is 8.67. The van der Waals surface area contributed by atoms with E-state index in [0.29, 0.717) is 12.3 Å². The number of rotatable bonds is 6. The molecule has 2 heterocycles. The summed E-state index contributed by atoms with van der Waals surface area (Å²) in [6, 6.07) is 9.02. The van der Waals surface area contributed by atoms with E-state index in [1.165, 1.54) is 6.07 Å². The molecule has 1 aliphatic carbocycles. The maximum absolute atomic E-state index is 13.8. The first-order chi connectivity index (χ1) is 12.8. The SMILES string of the molecule is Cc1ccc(F)cc1C(C)(C)CC(O)C(c1cc2cnccc2[nH]1)C1CC1. The van der Waals surface area contributed by atoms with Crippen LogP contribution in [0.2, 0.25) is 0 Å². The van der Waals surface area contributed by atoms with E-state index in [0.717, 1.165) is 40.6 Å². The molecule has 0 bridgehead atoms. The van der Waals surface area contributed by atoms with Gasteiger partial charge < -0.3 is 10.1 Å². The molecule has 0 aliphatic heterocycles. The smallest absolute Gasteiger partial charge is 0.123 e. The predicted molar refractivity (Wildman–Crippen MR) is 106 cm³/mol. The normalized spacial score (nSPS) is 17.2. The Morgan fingerprint density at radius 2 is 2.04 bits per heavy atom. The highest BCUT2D eigenvalue weighted by molar-refractivity contribution is 5.79. The van der Waals surface area contributed by atoms with Crippen molar-refractivity contribution >= 4 is 10.9 Å². The molecule has 4 heteroatoms. The zero-order chi connectivity index (χ0) is 19.2. The van der Waals surface area contributed by atoms with Crippen LogP contribution in [0.3, 0.4) is 0 Å². The van der Waals surface area contributed by atoms with Gasteiger partial charge in [-0.25, -0.2) is 4.39 Å². The number of pyridine rings is 1. The summed E-state index contributed by atoms with van der Waals surface area (Å²) < 4.78 is 13.8. The van der Waals surface area contributed by atoms with Gasteiger partial charge in [0.25, 0.3) is 0 Å². The first-order valence-corrected chi connectivity index (χ1v) is 9.72. The van der Waals surface area contributed by atoms with Gasteiger partial charge in [-0.15, -0.1) is 0 Å². The molecule has 0 spiro atoms. The van der Waals surface area contributed by atoms with Crippen molar-refractivity contribution in [3.8, 4) is 0 Å². The molecule has 0 saturated heterocycles. The number of aliphatic hydroxyl groups excluding tert-OH is 1. The van der Waals surface area contributed by atoms with Crippen molar-refractivity contribution in [2.75, 3.05) is 0 Å². The van der Waals surface area contributed by atoms with Crippen molar-refractivity contribution < 1.29 is 9.50 Å². The van der Waals surface area contributed by atoms with Gasteiger partial charge in [0.15, 0.2) is 0 Å². The number of aliphatic hydroxyl groups is 1. The molecule has 2 atom stereocenters. The summed E-state index contributed by atoms with van der Waals surface area (Å²) in [5, 5.41) is 12.3. The second-order valence-corrected chi connectivity index (χ2v) is 8.67. The third kappa shape index (κ3) is 3.63. The minimum Gasteiger partial charge on any atom is -0.392 e. The van der Waals surface area contributed by atoms with Gasteiger partial charge in [-0.1, -0.05) is 19.9 Å². The second kappa shape index (κ2) is 6.75. The molecule has 27 heavy (non-hydrogen) atoms. The van der Waals surface area contributed by atoms with Crippen LogP contribution in [0.5, 0.6) is 0 Å². The van der Waals surface area contributed by atoms with E-state index in [9.17, 15) is 9.50 Å². The Morgan fingerprint density at radius 3 is 2.74 bits per heavy atom. The number of hydrogen-bond acceptors (Lipinski definition) is 2. The van der Waals surface area contributed by atoms with Gasteiger partial charge >= 0.3 is 0 Å². The average molecular weight is 366 g/mol. The molecule has 1 aliphatic rings. The molecule has 3 aromatic rings. The maximum Gasteiger partial charge on any atom is 0.123 e. The monoisotopic (exact) mass is 366 g/mol. The fourth-order valence-electron chi connectivity index (χ4n) is 4.49. The van der Waals surface area contributed by atoms with Crippen molar-refractivity contribution in [3.05, 3.63) is 65.4 Å². The lowest BCUT2D eigenvalue weighted by Gasteiger charge is -2.33. The van der Waals surface area contributed by atoms with Gasteiger partial charge in [0.05, 0.1) is 6.10 Å². The molecule has 3 nitrogen and oxygen atoms in total. The van der Waals surface area contributed by atoms with E-state index in [2.05, 4.69) is 29.9 Å². The number of benzene rings is 1. The van der Waals surface area contributed by atoms with Crippen LogP contribution in [-0.2, 0) is 5.41 Å². The number of nitrogens with one attached hydrogen (secondary N) is 1. The number of H-pyrrole nitrogens is 1. The molecule has 2 unspecified atom stereocenters. The van der Waals surface area contributed by atoms with Crippen LogP contribution in [0.4, 0.5) is 4.39 Å². The summed E-state index contributed by atoms with van der Waals surface area (Å²) in [5.74, 6) is 0.357. The number of aryl methyl sites for hydroxylation is 1. The molecule has 1 fully saturated rings. The van der Waals surface area contributed by atoms with Gasteiger partial charge in [0.2, 0.25) is 0 Å². The van der Waals surface area contributed by atoms with E-state index in [1.54, 1.807) is 12.3 Å². The number of fused-ring (bicyclic) bond motifs is 1. The van der Waals surface area contributed by atoms with E-state index >= 15 is 0 Å². The van der Waals surface area contributed by atoms with E-state index in [4.69, 9.17) is 0 Å². The molecule has 4 rings (SSSR count). The quantitative estimate of drug-likeness (QED) is 0.627. The average Bonchev–Trinajstić information content (AvgIpc) is 3.34. The number of aromatic nitrogens is 2. The van der Waals surface area contributed by atoms with Gasteiger partial charge in [-0.3, -0.25) is 4.98 Å². The maximum atomic E-state index is 13.8. The molecule has 2 N–H and O–H groups in total. The van der Waals surface area contributed by atoms with Gasteiger partial charge in [0.1, 0.15) is 5.82 Å². The summed E-state index contributed by atoms with van der Waals surface area (Å²) in [7, 11) is 0. The lowest BCUT2D eigenvalue weighted by Crippen LogP contribution is -2.30. The zero-order valence-corrected chi connectivity index (χ0v) is 16.2. The minimum atomic E-state index is -0.490. The standard InChI is InChI=1S/C23H27FN2O/c1-14-4-7-17(24)11-18(14)23(2,3)12-21(27)22(15-5-6-15)20-10-16-13-25-9-8-19(16)26-20/h4,7-11,13,15,21-22,26-27H,5-6,12H2,1-3H3. The zero-order valence-electron chi connectivity index (χ0n) is 16.2. The summed E-state index contributed by atoms with van der Waals surface area (Å²) in [6.07, 6.45) is 6.03. The molecule has 142 valence electrons. The number of hydrogen-bond donors (Lipinski definition) is 2. The number of nitrogens with zero attached hydrogens (tertiary/aromatic N) is 1. The lowest BCUT2D eigenvalue weighted by molar-refractivity contribution is 0.100. The summed E-state index contributed by atoms with van der Waals surface area (Å²) in [5.41, 5.74) is 3.86. The van der Waals surface area contributed by atoms with Crippen LogP contribution >= 0.6 is 0 Å². The number of aromatic amines is 1. The summed E-state index contributed by atoms with van der Waals surface area (Å²) in [4.78, 5) is 7.67. The largest absolute Gasteiger partial charge is 0.392 e. The molecular formula is C23H27FN2O. The lowest BCUT2D eigenvalue weighted by atomic mass is 9.74. The van der Waals surface area contributed by atoms with Crippen molar-refractivity contribution in [2.45, 2.75) is 57.5 Å². The Balaban J connectivity index is 1.62. The van der Waals surface area contributed by atoms with Gasteiger partial charge in [-0.2, -0.15) is 0 Å². The minimum absolute atomic E-state index is 0.0746. The van der Waals surface area contributed by atoms with Crippen LogP contribution in [0.15, 0.2) is 42.7 Å². The molecule has 1 aromatic carbocycles. The molecular weight excluding hydrogens is 339 g/mol. The Bertz CT molecular complexity index is 925. The fraction of sp³-hybridized carbons (Fsp3) is 0.435. The van der Waals surface area contributed by atoms with Crippen LogP contribution in [-0.4, -0.2) is 21.2 Å². The van der Waals surface area contributed by atoms with E-state index in [1.807, 2.05) is 25.3 Å². The van der Waals surface area contributed by atoms with Gasteiger partial charge in [0, 0.05) is 34.9 Å². The molecule has 0 radical (unpaired) electrons. The first kappa shape index (κ1) is 18.2. The summed E-state index contributed by atoms with van der Waals surface area (Å²) in [6.45, 7) is 6.19. The molecule has 1 saturated carbocycles. The van der Waals surface area contributed by atoms with Crippen LogP contribution in [0.25, 0.3) is 10.9 Å². The highest BCUT2D eigenvalue weighted by atomic mass is 19.1. The van der Waals surface area contributed by atoms with Crippen LogP contribution in [0.1, 0.15) is 55.8 Å². The van der Waals surface area contributed by atoms with Gasteiger partial charge in [-0.05, 0) is 72.9 Å². The van der Waals surface area contributed by atoms with Crippen molar-refractivity contribution in [2.24, 2.45) is 5.92 Å². The van der Waals surface area contributed by atoms with Crippen molar-refractivity contribution in [3.63, 3.8) is 0 Å². The first-order valence-electron chi connectivity index (χ1n) is 9.72. The third-order valence-electron chi connectivity index (χ3n) is 5.99. The Kier molecular flexibility index (Phi) is 4.55. The topological polar surface area (TPSA) is 48.9 Å². The Labute approximate surface area is 159 Å². The molecule has 2 aromatic heterocycles. The third-order valence-corrected chi connectivity index (χ3v) is 5.99. The Morgan fingerprint density at radius 1 is 1.26 bits per heavy atom. The van der Waals surface area contributed by atoms with E-state index in [-0.39, 0.29) is 17.2 Å². The highest BCUT2D eigenvalue weighted by Crippen LogP contribution is 2.47. The van der Waals surface area contributed by atoms with E-state index < -0.39 is 6.10 Å². The van der Waals surface area contributed by atoms with Crippen molar-refractivity contribution in [1.82, 2.24) is 9.97 Å².